The Morgan fingerprint density at radius 2 is 1.63 bits per heavy atom. The summed E-state index contributed by atoms with van der Waals surface area (Å²) in [6.45, 7) is 0. The molecule has 2 aromatic rings. The Hall–Kier alpha value is -1.72. The maximum Gasteiger partial charge on any atom is 0.230 e. The van der Waals surface area contributed by atoms with Crippen LogP contribution in [0, 0.1) is 5.92 Å². The van der Waals surface area contributed by atoms with Crippen LogP contribution in [-0.4, -0.2) is 19.0 Å². The van der Waals surface area contributed by atoms with Crippen molar-refractivity contribution in [1.82, 2.24) is 0 Å². The van der Waals surface area contributed by atoms with Crippen LogP contribution in [0.5, 0.6) is 0 Å². The van der Waals surface area contributed by atoms with Crippen molar-refractivity contribution < 1.29 is 19.2 Å². The van der Waals surface area contributed by atoms with Gasteiger partial charge in [-0.3, -0.25) is 0 Å². The van der Waals surface area contributed by atoms with E-state index in [9.17, 15) is 0 Å². The van der Waals surface area contributed by atoms with Crippen molar-refractivity contribution >= 4 is 0 Å². The van der Waals surface area contributed by atoms with Gasteiger partial charge in [0.05, 0.1) is 0 Å². The third-order valence-electron chi connectivity index (χ3n) is 6.56. The lowest BCUT2D eigenvalue weighted by Crippen LogP contribution is -2.59. The summed E-state index contributed by atoms with van der Waals surface area (Å²) in [6, 6.07) is 18.8. The van der Waals surface area contributed by atoms with E-state index in [-0.39, 0.29) is 0 Å². The first-order valence-electron chi connectivity index (χ1n) is 9.99. The molecule has 1 unspecified atom stereocenters. The van der Waals surface area contributed by atoms with Gasteiger partial charge in [-0.15, -0.1) is 0 Å². The molecular formula is C23H26O4. The van der Waals surface area contributed by atoms with Gasteiger partial charge in [-0.05, 0) is 36.3 Å². The lowest BCUT2D eigenvalue weighted by Gasteiger charge is -2.49. The van der Waals surface area contributed by atoms with Gasteiger partial charge in [0.25, 0.3) is 0 Å². The molecule has 1 saturated carbocycles. The van der Waals surface area contributed by atoms with Crippen molar-refractivity contribution in [2.75, 3.05) is 7.11 Å². The molecule has 4 heteroatoms. The minimum absolute atomic E-state index is 0.396. The van der Waals surface area contributed by atoms with Crippen molar-refractivity contribution in [2.45, 2.75) is 56.2 Å². The number of hydrogen-bond acceptors (Lipinski definition) is 4. The summed E-state index contributed by atoms with van der Waals surface area (Å²) in [5, 5.41) is 0. The molecule has 4 nitrogen and oxygen atoms in total. The summed E-state index contributed by atoms with van der Waals surface area (Å²) in [5.41, 5.74) is 2.90. The van der Waals surface area contributed by atoms with Crippen molar-refractivity contribution in [3.63, 3.8) is 0 Å². The molecule has 1 aliphatic carbocycles. The van der Waals surface area contributed by atoms with Crippen molar-refractivity contribution in [1.29, 1.82) is 0 Å². The predicted molar refractivity (Wildman–Crippen MR) is 102 cm³/mol. The molecule has 4 atom stereocenters. The Kier molecular flexibility index (Phi) is 4.32. The molecule has 0 aromatic heterocycles. The fourth-order valence-corrected chi connectivity index (χ4v) is 5.05. The zero-order valence-electron chi connectivity index (χ0n) is 15.7. The van der Waals surface area contributed by atoms with Crippen molar-refractivity contribution in [3.8, 4) is 11.1 Å². The van der Waals surface area contributed by atoms with E-state index in [1.807, 2.05) is 6.07 Å². The highest BCUT2D eigenvalue weighted by Gasteiger charge is 2.61. The average molecular weight is 366 g/mol. The van der Waals surface area contributed by atoms with E-state index in [1.54, 1.807) is 7.11 Å². The third-order valence-corrected chi connectivity index (χ3v) is 6.56. The molecule has 3 heterocycles. The summed E-state index contributed by atoms with van der Waals surface area (Å²) in [6.07, 6.45) is 5.86. The van der Waals surface area contributed by atoms with E-state index in [0.29, 0.717) is 5.92 Å². The minimum atomic E-state index is -0.890. The van der Waals surface area contributed by atoms with E-state index in [2.05, 4.69) is 48.5 Å². The highest BCUT2D eigenvalue weighted by atomic mass is 17.3. The molecule has 4 aliphatic rings. The van der Waals surface area contributed by atoms with Gasteiger partial charge < -0.3 is 9.47 Å². The second-order valence-electron chi connectivity index (χ2n) is 7.98. The normalized spacial score (nSPS) is 35.4. The Balaban J connectivity index is 1.48. The van der Waals surface area contributed by atoms with Gasteiger partial charge in [0, 0.05) is 19.1 Å². The van der Waals surface area contributed by atoms with Crippen LogP contribution in [0.15, 0.2) is 54.6 Å². The Morgan fingerprint density at radius 3 is 2.41 bits per heavy atom. The first-order chi connectivity index (χ1) is 13.3. The summed E-state index contributed by atoms with van der Waals surface area (Å²) in [5.74, 6) is -0.470. The van der Waals surface area contributed by atoms with Gasteiger partial charge in [-0.25, -0.2) is 4.89 Å². The zero-order valence-corrected chi connectivity index (χ0v) is 15.7. The molecule has 142 valence electrons. The molecule has 1 spiro atoms. The zero-order chi connectivity index (χ0) is 18.3. The van der Waals surface area contributed by atoms with Gasteiger partial charge in [0.15, 0.2) is 11.9 Å². The summed E-state index contributed by atoms with van der Waals surface area (Å²) < 4.78 is 12.2. The van der Waals surface area contributed by atoms with E-state index in [1.165, 1.54) is 17.5 Å². The Bertz CT molecular complexity index is 786. The highest BCUT2D eigenvalue weighted by molar-refractivity contribution is 5.63. The molecule has 27 heavy (non-hydrogen) atoms. The smallest absolute Gasteiger partial charge is 0.230 e. The molecule has 0 radical (unpaired) electrons. The number of fused-ring (bicyclic) bond motifs is 3. The largest absolute Gasteiger partial charge is 0.353 e. The van der Waals surface area contributed by atoms with Crippen LogP contribution in [0.1, 0.15) is 44.1 Å². The van der Waals surface area contributed by atoms with Gasteiger partial charge in [0.1, 0.15) is 0 Å². The number of hydrogen-bond donors (Lipinski definition) is 0. The number of ether oxygens (including phenoxy) is 2. The fourth-order valence-electron chi connectivity index (χ4n) is 5.05. The van der Waals surface area contributed by atoms with E-state index < -0.39 is 17.7 Å². The molecule has 0 N–H and O–H groups in total. The molecule has 6 rings (SSSR count). The molecule has 3 saturated heterocycles. The van der Waals surface area contributed by atoms with Crippen LogP contribution in [0.4, 0.5) is 0 Å². The maximum absolute atomic E-state index is 6.47. The van der Waals surface area contributed by atoms with Gasteiger partial charge in [-0.1, -0.05) is 67.4 Å². The molecule has 4 fully saturated rings. The second-order valence-corrected chi connectivity index (χ2v) is 7.98. The number of benzene rings is 2. The Labute approximate surface area is 160 Å². The first-order valence-corrected chi connectivity index (χ1v) is 9.99. The highest BCUT2D eigenvalue weighted by Crippen LogP contribution is 2.55. The molecule has 3 aliphatic heterocycles. The van der Waals surface area contributed by atoms with E-state index in [0.717, 1.165) is 37.7 Å². The lowest BCUT2D eigenvalue weighted by atomic mass is 9.73. The predicted octanol–water partition coefficient (Wildman–Crippen LogP) is 5.18. The number of methoxy groups -OCH3 is 1. The van der Waals surface area contributed by atoms with Crippen molar-refractivity contribution in [3.05, 3.63) is 60.2 Å². The summed E-state index contributed by atoms with van der Waals surface area (Å²) in [7, 11) is 1.71. The topological polar surface area (TPSA) is 36.9 Å². The quantitative estimate of drug-likeness (QED) is 0.702. The Morgan fingerprint density at radius 1 is 0.852 bits per heavy atom. The van der Waals surface area contributed by atoms with E-state index in [4.69, 9.17) is 19.2 Å². The van der Waals surface area contributed by atoms with Crippen molar-refractivity contribution in [2.24, 2.45) is 5.92 Å². The van der Waals surface area contributed by atoms with Gasteiger partial charge >= 0.3 is 0 Å². The van der Waals surface area contributed by atoms with Crippen LogP contribution in [0.25, 0.3) is 11.1 Å². The molecule has 0 amide bonds. The number of rotatable bonds is 3. The monoisotopic (exact) mass is 366 g/mol. The molecule has 2 bridgehead atoms. The van der Waals surface area contributed by atoms with Gasteiger partial charge in [-0.2, -0.15) is 4.89 Å². The minimum Gasteiger partial charge on any atom is -0.353 e. The lowest BCUT2D eigenvalue weighted by molar-refractivity contribution is -0.558. The fraction of sp³-hybridized carbons (Fsp3) is 0.478. The van der Waals surface area contributed by atoms with Crippen LogP contribution in [0.3, 0.4) is 0 Å². The van der Waals surface area contributed by atoms with Crippen LogP contribution >= 0.6 is 0 Å². The van der Waals surface area contributed by atoms with E-state index >= 15 is 0 Å². The summed E-state index contributed by atoms with van der Waals surface area (Å²) >= 11 is 0. The third kappa shape index (κ3) is 2.74. The molecular weight excluding hydrogens is 340 g/mol. The standard InChI is InChI=1S/C23H26O4/c1-24-21-22-15-6-5-9-19(22)14-16-23(25-21,27-26-22)20-12-10-18(11-13-20)17-7-3-2-4-8-17/h2-4,7-8,10-13,19,21H,5-6,9,14-16H2,1H3/t19-,21?,22+,23+/m1/s1. The average Bonchev–Trinajstić information content (AvgIpc) is 3.01. The van der Waals surface area contributed by atoms with Crippen LogP contribution < -0.4 is 0 Å². The second kappa shape index (κ2) is 6.71. The van der Waals surface area contributed by atoms with Gasteiger partial charge in [0.2, 0.25) is 5.79 Å². The SMILES string of the molecule is COC1O[C@@]2(c3ccc(-c4ccccc4)cc3)CC[C@H]3CCCC[C@@]13OO2. The van der Waals surface area contributed by atoms with Crippen LogP contribution in [0.2, 0.25) is 0 Å². The van der Waals surface area contributed by atoms with Crippen LogP contribution in [-0.2, 0) is 25.0 Å². The first kappa shape index (κ1) is 17.4. The molecule has 2 aromatic carbocycles. The summed E-state index contributed by atoms with van der Waals surface area (Å²) in [4.78, 5) is 12.1. The maximum atomic E-state index is 6.47.